The number of thiophene rings is 1. The first-order valence-electron chi connectivity index (χ1n) is 7.18. The molecule has 0 radical (unpaired) electrons. The number of rotatable bonds is 6. The lowest BCUT2D eigenvalue weighted by Crippen LogP contribution is -2.30. The van der Waals surface area contributed by atoms with Gasteiger partial charge in [-0.2, -0.15) is 0 Å². The largest absolute Gasteiger partial charge is 0.299 e. The minimum Gasteiger partial charge on any atom is -0.299 e. The van der Waals surface area contributed by atoms with Gasteiger partial charge < -0.3 is 0 Å². The van der Waals surface area contributed by atoms with Crippen LogP contribution in [0.4, 0.5) is 0 Å². The average molecular weight is 264 g/mol. The standard InChI is InChI=1S/C16H24OS/c1-13(2)12-16(9-3-4-10-16)15(17)8-7-14-6-5-11-18-14/h5-6,11,13H,3-4,7-10,12H2,1-2H3. The van der Waals surface area contributed by atoms with E-state index in [1.807, 2.05) is 0 Å². The number of ketones is 1. The monoisotopic (exact) mass is 264 g/mol. The molecule has 100 valence electrons. The molecule has 2 rings (SSSR count). The third-order valence-corrected chi connectivity index (χ3v) is 5.07. The van der Waals surface area contributed by atoms with E-state index in [1.54, 1.807) is 11.3 Å². The van der Waals surface area contributed by atoms with Gasteiger partial charge in [-0.15, -0.1) is 11.3 Å². The summed E-state index contributed by atoms with van der Waals surface area (Å²) in [5.74, 6) is 1.16. The Morgan fingerprint density at radius 1 is 1.39 bits per heavy atom. The highest BCUT2D eigenvalue weighted by Crippen LogP contribution is 2.44. The number of aryl methyl sites for hydroxylation is 1. The van der Waals surface area contributed by atoms with Crippen molar-refractivity contribution in [1.29, 1.82) is 0 Å². The van der Waals surface area contributed by atoms with Crippen molar-refractivity contribution in [2.24, 2.45) is 11.3 Å². The smallest absolute Gasteiger partial charge is 0.139 e. The fourth-order valence-corrected chi connectivity index (χ4v) is 4.10. The zero-order chi connectivity index (χ0) is 13.0. The van der Waals surface area contributed by atoms with Crippen molar-refractivity contribution >= 4 is 17.1 Å². The predicted molar refractivity (Wildman–Crippen MR) is 78.0 cm³/mol. The molecule has 2 heteroatoms. The van der Waals surface area contributed by atoms with Gasteiger partial charge in [-0.05, 0) is 43.0 Å². The Kier molecular flexibility index (Phi) is 4.60. The molecule has 1 fully saturated rings. The molecule has 0 unspecified atom stereocenters. The SMILES string of the molecule is CC(C)CC1(C(=O)CCc2cccs2)CCCC1. The van der Waals surface area contributed by atoms with Gasteiger partial charge in [0.05, 0.1) is 0 Å². The molecular formula is C16H24OS. The Hall–Kier alpha value is -0.630. The molecule has 1 nitrogen and oxygen atoms in total. The summed E-state index contributed by atoms with van der Waals surface area (Å²) in [6.45, 7) is 4.49. The van der Waals surface area contributed by atoms with Crippen molar-refractivity contribution in [2.45, 2.75) is 58.8 Å². The minimum atomic E-state index is 0.0332. The molecule has 0 aromatic carbocycles. The second-order valence-electron chi connectivity index (χ2n) is 6.09. The van der Waals surface area contributed by atoms with Gasteiger partial charge in [-0.3, -0.25) is 4.79 Å². The van der Waals surface area contributed by atoms with Crippen LogP contribution >= 0.6 is 11.3 Å². The maximum absolute atomic E-state index is 12.6. The van der Waals surface area contributed by atoms with E-state index < -0.39 is 0 Å². The van der Waals surface area contributed by atoms with Crippen LogP contribution in [0.15, 0.2) is 17.5 Å². The van der Waals surface area contributed by atoms with E-state index >= 15 is 0 Å². The van der Waals surface area contributed by atoms with Gasteiger partial charge in [0.15, 0.2) is 0 Å². The van der Waals surface area contributed by atoms with E-state index in [2.05, 4.69) is 31.4 Å². The Morgan fingerprint density at radius 2 is 2.11 bits per heavy atom. The van der Waals surface area contributed by atoms with E-state index in [0.29, 0.717) is 11.7 Å². The molecule has 0 spiro atoms. The quantitative estimate of drug-likeness (QED) is 0.717. The lowest BCUT2D eigenvalue weighted by atomic mass is 9.74. The Labute approximate surface area is 115 Å². The summed E-state index contributed by atoms with van der Waals surface area (Å²) in [5.41, 5.74) is 0.0332. The minimum absolute atomic E-state index is 0.0332. The predicted octanol–water partition coefficient (Wildman–Crippen LogP) is 4.86. The molecule has 0 aliphatic heterocycles. The Bertz CT molecular complexity index is 372. The molecule has 0 bridgehead atoms. The topological polar surface area (TPSA) is 17.1 Å². The van der Waals surface area contributed by atoms with Gasteiger partial charge >= 0.3 is 0 Å². The normalized spacial score (nSPS) is 18.4. The Balaban J connectivity index is 1.95. The van der Waals surface area contributed by atoms with E-state index in [0.717, 1.165) is 32.1 Å². The summed E-state index contributed by atoms with van der Waals surface area (Å²) in [6, 6.07) is 4.21. The van der Waals surface area contributed by atoms with Crippen LogP contribution in [-0.4, -0.2) is 5.78 Å². The molecule has 1 saturated carbocycles. The van der Waals surface area contributed by atoms with Gasteiger partial charge in [0.2, 0.25) is 0 Å². The molecule has 18 heavy (non-hydrogen) atoms. The third-order valence-electron chi connectivity index (χ3n) is 4.13. The molecular weight excluding hydrogens is 240 g/mol. The maximum Gasteiger partial charge on any atom is 0.139 e. The second kappa shape index (κ2) is 6.01. The first-order chi connectivity index (χ1) is 8.62. The highest BCUT2D eigenvalue weighted by Gasteiger charge is 2.40. The molecule has 0 atom stereocenters. The van der Waals surface area contributed by atoms with Gasteiger partial charge in [-0.1, -0.05) is 32.8 Å². The number of hydrogen-bond acceptors (Lipinski definition) is 2. The summed E-state index contributed by atoms with van der Waals surface area (Å²) in [5, 5.41) is 2.10. The van der Waals surface area contributed by atoms with Crippen molar-refractivity contribution in [2.75, 3.05) is 0 Å². The molecule has 1 aromatic rings. The van der Waals surface area contributed by atoms with Crippen LogP contribution in [0.1, 0.15) is 57.2 Å². The molecule has 1 aliphatic rings. The van der Waals surface area contributed by atoms with Crippen LogP contribution in [0, 0.1) is 11.3 Å². The summed E-state index contributed by atoms with van der Waals surface area (Å²) in [7, 11) is 0. The van der Waals surface area contributed by atoms with Crippen LogP contribution in [-0.2, 0) is 11.2 Å². The van der Waals surface area contributed by atoms with E-state index in [-0.39, 0.29) is 5.41 Å². The highest BCUT2D eigenvalue weighted by atomic mass is 32.1. The number of hydrogen-bond donors (Lipinski definition) is 0. The van der Waals surface area contributed by atoms with Gasteiger partial charge in [0, 0.05) is 16.7 Å². The number of carbonyl (C=O) groups is 1. The third kappa shape index (κ3) is 3.23. The van der Waals surface area contributed by atoms with Crippen molar-refractivity contribution in [1.82, 2.24) is 0 Å². The molecule has 0 N–H and O–H groups in total. The van der Waals surface area contributed by atoms with Crippen LogP contribution in [0.5, 0.6) is 0 Å². The fraction of sp³-hybridized carbons (Fsp3) is 0.688. The van der Waals surface area contributed by atoms with Crippen molar-refractivity contribution in [3.05, 3.63) is 22.4 Å². The molecule has 1 aromatic heterocycles. The summed E-state index contributed by atoms with van der Waals surface area (Å²) < 4.78 is 0. The highest BCUT2D eigenvalue weighted by molar-refractivity contribution is 7.09. The first-order valence-corrected chi connectivity index (χ1v) is 8.06. The number of carbonyl (C=O) groups excluding carboxylic acids is 1. The van der Waals surface area contributed by atoms with Gasteiger partial charge in [0.1, 0.15) is 5.78 Å². The molecule has 0 amide bonds. The van der Waals surface area contributed by atoms with E-state index in [1.165, 1.54) is 17.7 Å². The Morgan fingerprint density at radius 3 is 2.67 bits per heavy atom. The molecule has 1 heterocycles. The number of Topliss-reactive ketones (excluding diaryl/α,β-unsaturated/α-hetero) is 1. The molecule has 1 aliphatic carbocycles. The zero-order valence-corrected chi connectivity index (χ0v) is 12.4. The maximum atomic E-state index is 12.6. The average Bonchev–Trinajstić information content (AvgIpc) is 2.96. The summed E-state index contributed by atoms with van der Waals surface area (Å²) in [6.07, 6.45) is 7.54. The van der Waals surface area contributed by atoms with Crippen molar-refractivity contribution < 1.29 is 4.79 Å². The van der Waals surface area contributed by atoms with Gasteiger partial charge in [-0.25, -0.2) is 0 Å². The van der Waals surface area contributed by atoms with Crippen molar-refractivity contribution in [3.8, 4) is 0 Å². The summed E-state index contributed by atoms with van der Waals surface area (Å²) >= 11 is 1.77. The second-order valence-corrected chi connectivity index (χ2v) is 7.12. The van der Waals surface area contributed by atoms with Gasteiger partial charge in [0.25, 0.3) is 0 Å². The summed E-state index contributed by atoms with van der Waals surface area (Å²) in [4.78, 5) is 14.0. The van der Waals surface area contributed by atoms with Crippen LogP contribution in [0.25, 0.3) is 0 Å². The van der Waals surface area contributed by atoms with Crippen LogP contribution in [0.2, 0.25) is 0 Å². The van der Waals surface area contributed by atoms with E-state index in [9.17, 15) is 4.79 Å². The fourth-order valence-electron chi connectivity index (χ4n) is 3.39. The zero-order valence-electron chi connectivity index (χ0n) is 11.6. The lowest BCUT2D eigenvalue weighted by Gasteiger charge is -2.29. The molecule has 0 saturated heterocycles. The van der Waals surface area contributed by atoms with Crippen LogP contribution < -0.4 is 0 Å². The van der Waals surface area contributed by atoms with Crippen LogP contribution in [0.3, 0.4) is 0 Å². The lowest BCUT2D eigenvalue weighted by molar-refractivity contribution is -0.129. The van der Waals surface area contributed by atoms with Crippen molar-refractivity contribution in [3.63, 3.8) is 0 Å². The first kappa shape index (κ1) is 13.8. The van der Waals surface area contributed by atoms with E-state index in [4.69, 9.17) is 0 Å².